The number of anilines is 1. The number of carbonyl (C=O) groups excluding carboxylic acids is 3. The van der Waals surface area contributed by atoms with Gasteiger partial charge in [0, 0.05) is 12.5 Å². The van der Waals surface area contributed by atoms with Crippen molar-refractivity contribution in [3.63, 3.8) is 0 Å². The lowest BCUT2D eigenvalue weighted by molar-refractivity contribution is -0.145. The topological polar surface area (TPSA) is 96.5 Å². The smallest absolute Gasteiger partial charge is 0.328 e. The number of hydrogen-bond donors (Lipinski definition) is 3. The third kappa shape index (κ3) is 7.64. The van der Waals surface area contributed by atoms with E-state index in [0.29, 0.717) is 12.5 Å². The highest BCUT2D eigenvalue weighted by atomic mass is 19.1. The first-order valence-electron chi connectivity index (χ1n) is 10.1. The van der Waals surface area contributed by atoms with Crippen molar-refractivity contribution >= 4 is 23.6 Å². The van der Waals surface area contributed by atoms with Crippen LogP contribution in [0.1, 0.15) is 25.8 Å². The maximum absolute atomic E-state index is 13.9. The number of urea groups is 1. The van der Waals surface area contributed by atoms with Crippen LogP contribution in [0.4, 0.5) is 19.3 Å². The summed E-state index contributed by atoms with van der Waals surface area (Å²) in [6, 6.07) is 8.85. The molecular formula is C23H27F2N3O4. The van der Waals surface area contributed by atoms with Crippen LogP contribution in [0, 0.1) is 17.6 Å². The molecule has 0 aliphatic heterocycles. The summed E-state index contributed by atoms with van der Waals surface area (Å²) < 4.78 is 31.7. The van der Waals surface area contributed by atoms with Gasteiger partial charge in [0.2, 0.25) is 5.91 Å². The molecule has 0 aromatic heterocycles. The van der Waals surface area contributed by atoms with Crippen LogP contribution in [-0.4, -0.2) is 37.1 Å². The first-order valence-corrected chi connectivity index (χ1v) is 10.1. The van der Waals surface area contributed by atoms with Crippen molar-refractivity contribution < 1.29 is 27.9 Å². The number of rotatable bonds is 9. The zero-order valence-electron chi connectivity index (χ0n) is 18.2. The highest BCUT2D eigenvalue weighted by molar-refractivity contribution is 5.95. The van der Waals surface area contributed by atoms with Crippen molar-refractivity contribution in [3.05, 3.63) is 65.7 Å². The second-order valence-corrected chi connectivity index (χ2v) is 7.68. The van der Waals surface area contributed by atoms with Crippen LogP contribution in [-0.2, 0) is 20.7 Å². The highest BCUT2D eigenvalue weighted by Gasteiger charge is 2.28. The average Bonchev–Trinajstić information content (AvgIpc) is 2.74. The maximum atomic E-state index is 13.9. The van der Waals surface area contributed by atoms with Gasteiger partial charge in [-0.3, -0.25) is 4.79 Å². The lowest BCUT2D eigenvalue weighted by Gasteiger charge is -2.23. The molecule has 0 saturated heterocycles. The fourth-order valence-corrected chi connectivity index (χ4v) is 3.07. The van der Waals surface area contributed by atoms with Gasteiger partial charge < -0.3 is 20.7 Å². The minimum atomic E-state index is -1.07. The molecule has 2 aromatic rings. The standard InChI is InChI=1S/C23H27F2N3O4/c1-14(2)11-20(22(30)32-3)26-21(29)19(12-15-7-5-4-6-8-15)28-23(31)27-18-10-9-16(24)13-17(18)25/h4-10,13-14,19-20H,11-12H2,1-3H3,(H,26,29)(H2,27,28,31). The van der Waals surface area contributed by atoms with Crippen molar-refractivity contribution in [1.82, 2.24) is 10.6 Å². The predicted octanol–water partition coefficient (Wildman–Crippen LogP) is 3.40. The molecule has 2 unspecified atom stereocenters. The summed E-state index contributed by atoms with van der Waals surface area (Å²) in [5, 5.41) is 7.39. The van der Waals surface area contributed by atoms with Crippen LogP contribution >= 0.6 is 0 Å². The molecule has 0 bridgehead atoms. The molecule has 0 spiro atoms. The van der Waals surface area contributed by atoms with Crippen LogP contribution in [0.2, 0.25) is 0 Å². The van der Waals surface area contributed by atoms with E-state index < -0.39 is 41.6 Å². The Morgan fingerprint density at radius 2 is 1.66 bits per heavy atom. The Morgan fingerprint density at radius 1 is 0.969 bits per heavy atom. The fraction of sp³-hybridized carbons (Fsp3) is 0.348. The molecule has 0 aliphatic carbocycles. The van der Waals surface area contributed by atoms with E-state index in [0.717, 1.165) is 17.7 Å². The van der Waals surface area contributed by atoms with E-state index in [1.165, 1.54) is 7.11 Å². The predicted molar refractivity (Wildman–Crippen MR) is 116 cm³/mol. The van der Waals surface area contributed by atoms with Crippen LogP contribution in [0.15, 0.2) is 48.5 Å². The summed E-state index contributed by atoms with van der Waals surface area (Å²) in [4.78, 5) is 37.5. The van der Waals surface area contributed by atoms with E-state index in [4.69, 9.17) is 4.74 Å². The van der Waals surface area contributed by atoms with Gasteiger partial charge in [-0.1, -0.05) is 44.2 Å². The molecule has 3 amide bonds. The molecule has 2 atom stereocenters. The second kappa shape index (κ2) is 11.8. The van der Waals surface area contributed by atoms with Crippen molar-refractivity contribution in [2.75, 3.05) is 12.4 Å². The molecule has 2 aromatic carbocycles. The minimum absolute atomic E-state index is 0.102. The molecule has 0 aliphatic rings. The SMILES string of the molecule is COC(=O)C(CC(C)C)NC(=O)C(Cc1ccccc1)NC(=O)Nc1ccc(F)cc1F. The molecule has 7 nitrogen and oxygen atoms in total. The molecule has 0 heterocycles. The van der Waals surface area contributed by atoms with E-state index in [-0.39, 0.29) is 18.0 Å². The fourth-order valence-electron chi connectivity index (χ4n) is 3.07. The van der Waals surface area contributed by atoms with Gasteiger partial charge >= 0.3 is 12.0 Å². The largest absolute Gasteiger partial charge is 0.467 e. The molecule has 0 saturated carbocycles. The maximum Gasteiger partial charge on any atom is 0.328 e. The van der Waals surface area contributed by atoms with E-state index in [1.807, 2.05) is 19.9 Å². The molecule has 0 radical (unpaired) electrons. The van der Waals surface area contributed by atoms with E-state index in [1.54, 1.807) is 24.3 Å². The van der Waals surface area contributed by atoms with E-state index in [2.05, 4.69) is 16.0 Å². The van der Waals surface area contributed by atoms with Crippen molar-refractivity contribution in [1.29, 1.82) is 0 Å². The van der Waals surface area contributed by atoms with Gasteiger partial charge in [-0.25, -0.2) is 18.4 Å². The number of nitrogens with one attached hydrogen (secondary N) is 3. The number of carbonyl (C=O) groups is 3. The number of esters is 1. The Bertz CT molecular complexity index is 938. The van der Waals surface area contributed by atoms with Gasteiger partial charge in [-0.2, -0.15) is 0 Å². The van der Waals surface area contributed by atoms with Crippen molar-refractivity contribution in [2.24, 2.45) is 5.92 Å². The van der Waals surface area contributed by atoms with Gasteiger partial charge in [0.15, 0.2) is 0 Å². The van der Waals surface area contributed by atoms with Crippen LogP contribution < -0.4 is 16.0 Å². The van der Waals surface area contributed by atoms with E-state index >= 15 is 0 Å². The summed E-state index contributed by atoms with van der Waals surface area (Å²) in [6.07, 6.45) is 0.477. The molecule has 172 valence electrons. The normalized spacial score (nSPS) is 12.6. The first-order chi connectivity index (χ1) is 15.2. The molecule has 0 fully saturated rings. The molecule has 32 heavy (non-hydrogen) atoms. The summed E-state index contributed by atoms with van der Waals surface area (Å²) in [6.45, 7) is 3.79. The van der Waals surface area contributed by atoms with Gasteiger partial charge in [0.25, 0.3) is 0 Å². The summed E-state index contributed by atoms with van der Waals surface area (Å²) in [7, 11) is 1.23. The molecule has 2 rings (SSSR count). The van der Waals surface area contributed by atoms with Gasteiger partial charge in [0.1, 0.15) is 23.7 Å². The monoisotopic (exact) mass is 447 g/mol. The minimum Gasteiger partial charge on any atom is -0.467 e. The Labute approximate surface area is 185 Å². The number of methoxy groups -OCH3 is 1. The first kappa shape index (κ1) is 24.8. The van der Waals surface area contributed by atoms with Gasteiger partial charge in [0.05, 0.1) is 12.8 Å². The number of hydrogen-bond acceptors (Lipinski definition) is 4. The average molecular weight is 447 g/mol. The third-order valence-corrected chi connectivity index (χ3v) is 4.59. The Balaban J connectivity index is 2.17. The summed E-state index contributed by atoms with van der Waals surface area (Å²) in [5.41, 5.74) is 0.523. The van der Waals surface area contributed by atoms with Crippen molar-refractivity contribution in [2.45, 2.75) is 38.8 Å². The van der Waals surface area contributed by atoms with Crippen LogP contribution in [0.3, 0.4) is 0 Å². The lowest BCUT2D eigenvalue weighted by Crippen LogP contribution is -2.53. The molecule has 9 heteroatoms. The Morgan fingerprint density at radius 3 is 2.25 bits per heavy atom. The molecule has 3 N–H and O–H groups in total. The summed E-state index contributed by atoms with van der Waals surface area (Å²) in [5.74, 6) is -2.83. The van der Waals surface area contributed by atoms with Gasteiger partial charge in [-0.05, 0) is 30.0 Å². The zero-order chi connectivity index (χ0) is 23.7. The number of ether oxygens (including phenoxy) is 1. The Hall–Kier alpha value is -3.49. The van der Waals surface area contributed by atoms with E-state index in [9.17, 15) is 23.2 Å². The van der Waals surface area contributed by atoms with Crippen LogP contribution in [0.5, 0.6) is 0 Å². The number of amides is 3. The summed E-state index contributed by atoms with van der Waals surface area (Å²) >= 11 is 0. The molecular weight excluding hydrogens is 420 g/mol. The van der Waals surface area contributed by atoms with Crippen LogP contribution in [0.25, 0.3) is 0 Å². The highest BCUT2D eigenvalue weighted by Crippen LogP contribution is 2.15. The zero-order valence-corrected chi connectivity index (χ0v) is 18.2. The lowest BCUT2D eigenvalue weighted by atomic mass is 10.0. The van der Waals surface area contributed by atoms with Crippen molar-refractivity contribution in [3.8, 4) is 0 Å². The number of halogens is 2. The van der Waals surface area contributed by atoms with Gasteiger partial charge in [-0.15, -0.1) is 0 Å². The second-order valence-electron chi connectivity index (χ2n) is 7.68. The third-order valence-electron chi connectivity index (χ3n) is 4.59. The quantitative estimate of drug-likeness (QED) is 0.514. The Kier molecular flexibility index (Phi) is 9.12. The number of benzene rings is 2.